The molecule has 5 heteroatoms. The van der Waals surface area contributed by atoms with E-state index < -0.39 is 0 Å². The molecule has 0 unspecified atom stereocenters. The van der Waals surface area contributed by atoms with Crippen molar-refractivity contribution in [1.29, 1.82) is 0 Å². The van der Waals surface area contributed by atoms with Gasteiger partial charge in [0.1, 0.15) is 5.82 Å². The van der Waals surface area contributed by atoms with Gasteiger partial charge in [-0.15, -0.1) is 0 Å². The van der Waals surface area contributed by atoms with Crippen molar-refractivity contribution >= 4 is 21.9 Å². The molecule has 0 fully saturated rings. The smallest absolute Gasteiger partial charge is 0.220 e. The first-order valence-electron chi connectivity index (χ1n) is 4.21. The van der Waals surface area contributed by atoms with Gasteiger partial charge in [-0.1, -0.05) is 0 Å². The second-order valence-corrected chi connectivity index (χ2v) is 3.79. The zero-order valence-corrected chi connectivity index (χ0v) is 9.20. The second kappa shape index (κ2) is 3.94. The quantitative estimate of drug-likeness (QED) is 0.864. The van der Waals surface area contributed by atoms with Crippen LogP contribution in [0.15, 0.2) is 34.9 Å². The van der Waals surface area contributed by atoms with Gasteiger partial charge in [0, 0.05) is 11.8 Å². The highest BCUT2D eigenvalue weighted by Crippen LogP contribution is 2.25. The van der Waals surface area contributed by atoms with Crippen LogP contribution in [0.2, 0.25) is 0 Å². The molecule has 0 aliphatic carbocycles. The first-order valence-corrected chi connectivity index (χ1v) is 5.00. The zero-order chi connectivity index (χ0) is 10.8. The third-order valence-electron chi connectivity index (χ3n) is 1.88. The van der Waals surface area contributed by atoms with E-state index in [4.69, 9.17) is 5.73 Å². The van der Waals surface area contributed by atoms with Gasteiger partial charge in [0.25, 0.3) is 0 Å². The Balaban J connectivity index is 2.53. The van der Waals surface area contributed by atoms with Gasteiger partial charge < -0.3 is 5.73 Å². The van der Waals surface area contributed by atoms with Gasteiger partial charge in [-0.2, -0.15) is 0 Å². The van der Waals surface area contributed by atoms with Gasteiger partial charge >= 0.3 is 0 Å². The minimum absolute atomic E-state index is 0.192. The van der Waals surface area contributed by atoms with Crippen LogP contribution in [0.5, 0.6) is 0 Å². The lowest BCUT2D eigenvalue weighted by molar-refractivity contribution is 0.628. The summed E-state index contributed by atoms with van der Waals surface area (Å²) in [6.45, 7) is 0. The molecule has 0 atom stereocenters. The number of benzene rings is 1. The van der Waals surface area contributed by atoms with Gasteiger partial charge in [0.2, 0.25) is 5.95 Å². The summed E-state index contributed by atoms with van der Waals surface area (Å²) in [5.41, 5.74) is 6.92. The Bertz CT molecular complexity index is 485. The molecule has 0 aliphatic heterocycles. The SMILES string of the molecule is Nc1ncc(Br)c(-c2ccc(F)cc2)n1. The summed E-state index contributed by atoms with van der Waals surface area (Å²) in [7, 11) is 0. The molecule has 0 spiro atoms. The maximum Gasteiger partial charge on any atom is 0.220 e. The average Bonchev–Trinajstić information content (AvgIpc) is 2.23. The summed E-state index contributed by atoms with van der Waals surface area (Å²) in [5, 5.41) is 0. The van der Waals surface area contributed by atoms with Crippen LogP contribution in [0.25, 0.3) is 11.3 Å². The molecule has 2 aromatic rings. The summed E-state index contributed by atoms with van der Waals surface area (Å²) < 4.78 is 13.4. The van der Waals surface area contributed by atoms with Crippen molar-refractivity contribution in [1.82, 2.24) is 9.97 Å². The molecule has 1 heterocycles. The fourth-order valence-electron chi connectivity index (χ4n) is 1.19. The van der Waals surface area contributed by atoms with Gasteiger partial charge in [-0.3, -0.25) is 0 Å². The minimum atomic E-state index is -0.281. The molecule has 15 heavy (non-hydrogen) atoms. The van der Waals surface area contributed by atoms with Gasteiger partial charge in [-0.25, -0.2) is 14.4 Å². The highest BCUT2D eigenvalue weighted by molar-refractivity contribution is 9.10. The number of nitrogen functional groups attached to an aromatic ring is 1. The van der Waals surface area contributed by atoms with E-state index in [1.165, 1.54) is 12.1 Å². The van der Waals surface area contributed by atoms with Crippen LogP contribution in [0.1, 0.15) is 0 Å². The van der Waals surface area contributed by atoms with E-state index in [1.807, 2.05) is 0 Å². The standard InChI is InChI=1S/C10H7BrFN3/c11-8-5-14-10(13)15-9(8)6-1-3-7(12)4-2-6/h1-5H,(H2,13,14,15). The van der Waals surface area contributed by atoms with E-state index in [0.717, 1.165) is 10.0 Å². The summed E-state index contributed by atoms with van der Waals surface area (Å²) in [6.07, 6.45) is 1.57. The fourth-order valence-corrected chi connectivity index (χ4v) is 1.61. The first kappa shape index (κ1) is 10.0. The Hall–Kier alpha value is -1.49. The minimum Gasteiger partial charge on any atom is -0.368 e. The molecule has 76 valence electrons. The molecule has 2 rings (SSSR count). The van der Waals surface area contributed by atoms with Crippen molar-refractivity contribution in [2.45, 2.75) is 0 Å². The largest absolute Gasteiger partial charge is 0.368 e. The Morgan fingerprint density at radius 2 is 1.87 bits per heavy atom. The van der Waals surface area contributed by atoms with Crippen LogP contribution >= 0.6 is 15.9 Å². The predicted octanol–water partition coefficient (Wildman–Crippen LogP) is 2.63. The number of nitrogens with two attached hydrogens (primary N) is 1. The molecule has 0 bridgehead atoms. The third-order valence-corrected chi connectivity index (χ3v) is 2.46. The Kier molecular flexibility index (Phi) is 2.64. The summed E-state index contributed by atoms with van der Waals surface area (Å²) in [6, 6.07) is 6.03. The molecule has 0 saturated carbocycles. The monoisotopic (exact) mass is 267 g/mol. The van der Waals surface area contributed by atoms with Crippen LogP contribution in [0, 0.1) is 5.82 Å². The van der Waals surface area contributed by atoms with Crippen molar-refractivity contribution < 1.29 is 4.39 Å². The topological polar surface area (TPSA) is 51.8 Å². The van der Waals surface area contributed by atoms with Gasteiger partial charge in [0.15, 0.2) is 0 Å². The van der Waals surface area contributed by atoms with E-state index in [1.54, 1.807) is 18.3 Å². The lowest BCUT2D eigenvalue weighted by Crippen LogP contribution is -1.96. The van der Waals surface area contributed by atoms with Gasteiger partial charge in [-0.05, 0) is 40.2 Å². The molecule has 1 aromatic heterocycles. The molecule has 3 nitrogen and oxygen atoms in total. The Labute approximate surface area is 94.3 Å². The molecule has 0 radical (unpaired) electrons. The van der Waals surface area contributed by atoms with Crippen molar-refractivity contribution in [2.24, 2.45) is 0 Å². The summed E-state index contributed by atoms with van der Waals surface area (Å²) in [5.74, 6) is -0.0885. The third kappa shape index (κ3) is 2.12. The van der Waals surface area contributed by atoms with Crippen LogP contribution in [0.3, 0.4) is 0 Å². The van der Waals surface area contributed by atoms with E-state index >= 15 is 0 Å². The number of halogens is 2. The lowest BCUT2D eigenvalue weighted by Gasteiger charge is -2.03. The van der Waals surface area contributed by atoms with E-state index in [9.17, 15) is 4.39 Å². The molecule has 1 aromatic carbocycles. The van der Waals surface area contributed by atoms with Crippen LogP contribution < -0.4 is 5.73 Å². The lowest BCUT2D eigenvalue weighted by atomic mass is 10.1. The molecule has 0 amide bonds. The van der Waals surface area contributed by atoms with E-state index in [0.29, 0.717) is 5.69 Å². The predicted molar refractivity (Wildman–Crippen MR) is 59.5 cm³/mol. The number of hydrogen-bond acceptors (Lipinski definition) is 3. The summed E-state index contributed by atoms with van der Waals surface area (Å²) in [4.78, 5) is 7.90. The van der Waals surface area contributed by atoms with Gasteiger partial charge in [0.05, 0.1) is 10.2 Å². The number of nitrogens with zero attached hydrogens (tertiary/aromatic N) is 2. The number of hydrogen-bond donors (Lipinski definition) is 1. The molecule has 2 N–H and O–H groups in total. The molecular weight excluding hydrogens is 261 g/mol. The van der Waals surface area contributed by atoms with Crippen LogP contribution in [-0.4, -0.2) is 9.97 Å². The number of aromatic nitrogens is 2. The van der Waals surface area contributed by atoms with Crippen molar-refractivity contribution in [2.75, 3.05) is 5.73 Å². The number of anilines is 1. The zero-order valence-electron chi connectivity index (χ0n) is 7.61. The second-order valence-electron chi connectivity index (χ2n) is 2.93. The molecule has 0 saturated heterocycles. The average molecular weight is 268 g/mol. The van der Waals surface area contributed by atoms with E-state index in [-0.39, 0.29) is 11.8 Å². The maximum atomic E-state index is 12.7. The molecule has 0 aliphatic rings. The number of rotatable bonds is 1. The Morgan fingerprint density at radius 1 is 1.20 bits per heavy atom. The fraction of sp³-hybridized carbons (Fsp3) is 0. The highest BCUT2D eigenvalue weighted by Gasteiger charge is 2.06. The summed E-state index contributed by atoms with van der Waals surface area (Å²) >= 11 is 3.31. The van der Waals surface area contributed by atoms with Crippen molar-refractivity contribution in [3.05, 3.63) is 40.8 Å². The van der Waals surface area contributed by atoms with Crippen LogP contribution in [-0.2, 0) is 0 Å². The van der Waals surface area contributed by atoms with Crippen molar-refractivity contribution in [3.63, 3.8) is 0 Å². The molecular formula is C10H7BrFN3. The highest BCUT2D eigenvalue weighted by atomic mass is 79.9. The normalized spacial score (nSPS) is 10.3. The van der Waals surface area contributed by atoms with Crippen molar-refractivity contribution in [3.8, 4) is 11.3 Å². The van der Waals surface area contributed by atoms with E-state index in [2.05, 4.69) is 25.9 Å². The first-order chi connectivity index (χ1) is 7.16. The Morgan fingerprint density at radius 3 is 2.53 bits per heavy atom. The maximum absolute atomic E-state index is 12.7. The van der Waals surface area contributed by atoms with Crippen LogP contribution in [0.4, 0.5) is 10.3 Å².